The Morgan fingerprint density at radius 2 is 1.24 bits per heavy atom. The standard InChI is InChI=1S/C28H26N4O2S3/c1-16-20(29-24(35-16)18-12-8-6-9-13-18)22-23(37-26(31-22)32-27(33)34-28(3,4)5)21-17(2)36-25(30-21)19-14-10-7-11-15-19/h6-15H,1-5H3,(H,31,32,33). The van der Waals surface area contributed by atoms with Gasteiger partial charge in [0.25, 0.3) is 0 Å². The highest BCUT2D eigenvalue weighted by Crippen LogP contribution is 2.45. The van der Waals surface area contributed by atoms with Gasteiger partial charge in [0, 0.05) is 20.9 Å². The molecule has 0 aliphatic rings. The zero-order valence-corrected chi connectivity index (χ0v) is 23.6. The van der Waals surface area contributed by atoms with Crippen molar-refractivity contribution in [1.82, 2.24) is 15.0 Å². The number of nitrogens with zero attached hydrogens (tertiary/aromatic N) is 3. The van der Waals surface area contributed by atoms with Crippen LogP contribution in [0.1, 0.15) is 30.5 Å². The first-order valence-corrected chi connectivity index (χ1v) is 14.2. The number of nitrogens with one attached hydrogen (secondary N) is 1. The smallest absolute Gasteiger partial charge is 0.413 e. The Labute approximate surface area is 228 Å². The lowest BCUT2D eigenvalue weighted by Crippen LogP contribution is -2.27. The summed E-state index contributed by atoms with van der Waals surface area (Å²) in [4.78, 5) is 30.3. The number of hydrogen-bond acceptors (Lipinski definition) is 8. The average Bonchev–Trinajstić information content (AvgIpc) is 3.55. The predicted molar refractivity (Wildman–Crippen MR) is 155 cm³/mol. The van der Waals surface area contributed by atoms with E-state index in [4.69, 9.17) is 19.7 Å². The maximum Gasteiger partial charge on any atom is 0.413 e. The van der Waals surface area contributed by atoms with Crippen LogP contribution < -0.4 is 5.32 Å². The molecule has 0 bridgehead atoms. The molecule has 3 heterocycles. The van der Waals surface area contributed by atoms with Gasteiger partial charge in [-0.1, -0.05) is 72.0 Å². The van der Waals surface area contributed by atoms with Crippen LogP contribution in [0.5, 0.6) is 0 Å². The van der Waals surface area contributed by atoms with Crippen molar-refractivity contribution in [2.75, 3.05) is 5.32 Å². The fourth-order valence-corrected chi connectivity index (χ4v) is 6.63. The first-order valence-electron chi connectivity index (χ1n) is 11.8. The third-order valence-corrected chi connectivity index (χ3v) is 8.33. The molecule has 2 aromatic carbocycles. The Balaban J connectivity index is 1.60. The molecule has 188 valence electrons. The lowest BCUT2D eigenvalue weighted by atomic mass is 10.2. The molecule has 9 heteroatoms. The van der Waals surface area contributed by atoms with E-state index in [1.807, 2.05) is 64.1 Å². The van der Waals surface area contributed by atoms with Crippen LogP contribution in [0.4, 0.5) is 9.93 Å². The van der Waals surface area contributed by atoms with Gasteiger partial charge in [-0.3, -0.25) is 5.32 Å². The molecule has 1 N–H and O–H groups in total. The summed E-state index contributed by atoms with van der Waals surface area (Å²) in [6.07, 6.45) is -0.542. The number of thiazole rings is 3. The molecule has 0 fully saturated rings. The Kier molecular flexibility index (Phi) is 6.94. The lowest BCUT2D eigenvalue weighted by Gasteiger charge is -2.18. The molecule has 6 nitrogen and oxygen atoms in total. The van der Waals surface area contributed by atoms with E-state index < -0.39 is 11.7 Å². The second-order valence-corrected chi connectivity index (χ2v) is 12.8. The fourth-order valence-electron chi connectivity index (χ4n) is 3.72. The molecule has 0 spiro atoms. The normalized spacial score (nSPS) is 11.5. The number of anilines is 1. The Morgan fingerprint density at radius 3 is 1.78 bits per heavy atom. The second-order valence-electron chi connectivity index (χ2n) is 9.40. The minimum absolute atomic E-state index is 0.446. The number of hydrogen-bond donors (Lipinski definition) is 1. The first kappa shape index (κ1) is 25.3. The molecule has 0 saturated heterocycles. The van der Waals surface area contributed by atoms with Crippen molar-refractivity contribution in [3.8, 4) is 43.1 Å². The van der Waals surface area contributed by atoms with Crippen molar-refractivity contribution in [3.63, 3.8) is 0 Å². The maximum atomic E-state index is 12.5. The Bertz CT molecular complexity index is 1450. The van der Waals surface area contributed by atoms with Gasteiger partial charge in [0.2, 0.25) is 0 Å². The quantitative estimate of drug-likeness (QED) is 0.239. The van der Waals surface area contributed by atoms with E-state index in [0.717, 1.165) is 47.2 Å². The highest BCUT2D eigenvalue weighted by Gasteiger charge is 2.25. The summed E-state index contributed by atoms with van der Waals surface area (Å²) in [6, 6.07) is 20.2. The molecule has 0 aliphatic heterocycles. The molecule has 0 unspecified atom stereocenters. The van der Waals surface area contributed by atoms with Crippen LogP contribution in [-0.4, -0.2) is 26.6 Å². The lowest BCUT2D eigenvalue weighted by molar-refractivity contribution is 0.0636. The third-order valence-electron chi connectivity index (χ3n) is 5.31. The third kappa shape index (κ3) is 5.64. The van der Waals surface area contributed by atoms with E-state index in [1.165, 1.54) is 11.3 Å². The molecule has 3 aromatic heterocycles. The van der Waals surface area contributed by atoms with E-state index in [2.05, 4.69) is 36.5 Å². The number of ether oxygens (including phenoxy) is 1. The Morgan fingerprint density at radius 1 is 0.730 bits per heavy atom. The van der Waals surface area contributed by atoms with Crippen molar-refractivity contribution in [2.24, 2.45) is 0 Å². The first-order chi connectivity index (χ1) is 17.7. The minimum Gasteiger partial charge on any atom is -0.444 e. The number of carbonyl (C=O) groups is 1. The fraction of sp³-hybridized carbons (Fsp3) is 0.214. The number of rotatable bonds is 5. The van der Waals surface area contributed by atoms with Gasteiger partial charge in [-0.25, -0.2) is 19.7 Å². The topological polar surface area (TPSA) is 77.0 Å². The summed E-state index contributed by atoms with van der Waals surface area (Å²) in [5, 5.41) is 5.12. The van der Waals surface area contributed by atoms with Crippen LogP contribution in [0.15, 0.2) is 60.7 Å². The van der Waals surface area contributed by atoms with Crippen molar-refractivity contribution < 1.29 is 9.53 Å². The predicted octanol–water partition coefficient (Wildman–Crippen LogP) is 8.69. The maximum absolute atomic E-state index is 12.5. The van der Waals surface area contributed by atoms with Crippen molar-refractivity contribution >= 4 is 45.2 Å². The van der Waals surface area contributed by atoms with Gasteiger partial charge in [-0.05, 0) is 34.6 Å². The van der Waals surface area contributed by atoms with Crippen molar-refractivity contribution in [2.45, 2.75) is 40.2 Å². The highest BCUT2D eigenvalue weighted by molar-refractivity contribution is 7.20. The molecular weight excluding hydrogens is 521 g/mol. The molecule has 0 aliphatic carbocycles. The highest BCUT2D eigenvalue weighted by atomic mass is 32.1. The van der Waals surface area contributed by atoms with E-state index in [-0.39, 0.29) is 0 Å². The van der Waals surface area contributed by atoms with Crippen LogP contribution >= 0.6 is 34.0 Å². The number of carbonyl (C=O) groups excluding carboxylic acids is 1. The van der Waals surface area contributed by atoms with Gasteiger partial charge in [-0.15, -0.1) is 22.7 Å². The molecular formula is C28H26N4O2S3. The van der Waals surface area contributed by atoms with Crippen LogP contribution in [0, 0.1) is 13.8 Å². The van der Waals surface area contributed by atoms with Gasteiger partial charge in [-0.2, -0.15) is 0 Å². The SMILES string of the molecule is Cc1sc(-c2ccccc2)nc1-c1nc(NC(=O)OC(C)(C)C)sc1-c1nc(-c2ccccc2)sc1C. The summed E-state index contributed by atoms with van der Waals surface area (Å²) >= 11 is 4.65. The van der Waals surface area contributed by atoms with Gasteiger partial charge in [0.1, 0.15) is 27.0 Å². The average molecular weight is 547 g/mol. The van der Waals surface area contributed by atoms with Crippen LogP contribution in [0.2, 0.25) is 0 Å². The number of aryl methyl sites for hydroxylation is 2. The van der Waals surface area contributed by atoms with Gasteiger partial charge in [0.05, 0.1) is 10.6 Å². The summed E-state index contributed by atoms with van der Waals surface area (Å²) in [7, 11) is 0. The largest absolute Gasteiger partial charge is 0.444 e. The summed E-state index contributed by atoms with van der Waals surface area (Å²) in [6.45, 7) is 9.61. The molecule has 1 amide bonds. The summed E-state index contributed by atoms with van der Waals surface area (Å²) < 4.78 is 5.46. The number of amides is 1. The molecule has 5 rings (SSSR count). The van der Waals surface area contributed by atoms with Crippen LogP contribution in [0.25, 0.3) is 43.1 Å². The summed E-state index contributed by atoms with van der Waals surface area (Å²) in [5.74, 6) is 0. The molecule has 5 aromatic rings. The van der Waals surface area contributed by atoms with E-state index in [1.54, 1.807) is 22.7 Å². The van der Waals surface area contributed by atoms with Crippen molar-refractivity contribution in [1.29, 1.82) is 0 Å². The zero-order chi connectivity index (χ0) is 26.2. The molecule has 0 saturated carbocycles. The van der Waals surface area contributed by atoms with Crippen LogP contribution in [0.3, 0.4) is 0 Å². The number of benzene rings is 2. The van der Waals surface area contributed by atoms with Gasteiger partial charge < -0.3 is 4.74 Å². The molecule has 0 radical (unpaired) electrons. The molecule has 0 atom stereocenters. The van der Waals surface area contributed by atoms with E-state index in [0.29, 0.717) is 10.8 Å². The van der Waals surface area contributed by atoms with E-state index in [9.17, 15) is 4.79 Å². The number of aromatic nitrogens is 3. The minimum atomic E-state index is -0.612. The Hall–Kier alpha value is -3.40. The van der Waals surface area contributed by atoms with Gasteiger partial charge >= 0.3 is 6.09 Å². The monoisotopic (exact) mass is 546 g/mol. The van der Waals surface area contributed by atoms with Crippen molar-refractivity contribution in [3.05, 3.63) is 70.4 Å². The van der Waals surface area contributed by atoms with E-state index >= 15 is 0 Å². The second kappa shape index (κ2) is 10.2. The van der Waals surface area contributed by atoms with Crippen LogP contribution in [-0.2, 0) is 4.74 Å². The zero-order valence-electron chi connectivity index (χ0n) is 21.2. The van der Waals surface area contributed by atoms with Gasteiger partial charge in [0.15, 0.2) is 5.13 Å². The molecule has 37 heavy (non-hydrogen) atoms. The summed E-state index contributed by atoms with van der Waals surface area (Å²) in [5.41, 5.74) is 3.86.